The third kappa shape index (κ3) is 6.21. The predicted molar refractivity (Wildman–Crippen MR) is 117 cm³/mol. The zero-order chi connectivity index (χ0) is 21.4. The van der Waals surface area contributed by atoms with Gasteiger partial charge in [0.15, 0.2) is 0 Å². The van der Waals surface area contributed by atoms with Crippen molar-refractivity contribution in [3.63, 3.8) is 0 Å². The van der Waals surface area contributed by atoms with Crippen molar-refractivity contribution >= 4 is 11.9 Å². The Balaban J connectivity index is 1.96. The summed E-state index contributed by atoms with van der Waals surface area (Å²) in [5.74, 6) is -0.311. The van der Waals surface area contributed by atoms with E-state index < -0.39 is 17.8 Å². The highest BCUT2D eigenvalue weighted by atomic mass is 16.5. The van der Waals surface area contributed by atoms with E-state index in [-0.39, 0.29) is 11.4 Å². The topological polar surface area (TPSA) is 63.6 Å². The van der Waals surface area contributed by atoms with Crippen LogP contribution in [-0.4, -0.2) is 23.7 Å². The Morgan fingerprint density at radius 1 is 0.966 bits per heavy atom. The van der Waals surface area contributed by atoms with Gasteiger partial charge in [-0.2, -0.15) is 0 Å². The summed E-state index contributed by atoms with van der Waals surface area (Å²) in [7, 11) is 0. The number of carboxylic acids is 1. The number of hydrogen-bond donors (Lipinski definition) is 1. The highest BCUT2D eigenvalue weighted by Crippen LogP contribution is 2.51. The van der Waals surface area contributed by atoms with E-state index in [9.17, 15) is 14.7 Å². The molecule has 2 saturated carbocycles. The second-order valence-corrected chi connectivity index (χ2v) is 10.2. The highest BCUT2D eigenvalue weighted by molar-refractivity contribution is 5.81. The Hall–Kier alpha value is -1.06. The number of rotatable bonds is 10. The Morgan fingerprint density at radius 2 is 1.66 bits per heavy atom. The van der Waals surface area contributed by atoms with Crippen LogP contribution in [0, 0.1) is 35.0 Å². The highest BCUT2D eigenvalue weighted by Gasteiger charge is 2.45. The normalized spacial score (nSPS) is 31.9. The molecule has 0 radical (unpaired) electrons. The largest absolute Gasteiger partial charge is 0.481 e. The molecule has 0 saturated heterocycles. The molecule has 5 atom stereocenters. The van der Waals surface area contributed by atoms with Crippen LogP contribution in [0.2, 0.25) is 0 Å². The van der Waals surface area contributed by atoms with Gasteiger partial charge in [0.25, 0.3) is 0 Å². The number of aliphatic carboxylic acids is 1. The van der Waals surface area contributed by atoms with Crippen molar-refractivity contribution in [2.24, 2.45) is 35.0 Å². The summed E-state index contributed by atoms with van der Waals surface area (Å²) in [6, 6.07) is 0. The van der Waals surface area contributed by atoms with Crippen molar-refractivity contribution in [1.29, 1.82) is 0 Å². The third-order valence-electron chi connectivity index (χ3n) is 8.17. The number of unbranched alkanes of at least 4 members (excludes halogenated alkanes) is 3. The zero-order valence-electron chi connectivity index (χ0n) is 19.3. The van der Waals surface area contributed by atoms with Gasteiger partial charge in [-0.15, -0.1) is 0 Å². The van der Waals surface area contributed by atoms with Gasteiger partial charge in [-0.25, -0.2) is 0 Å². The van der Waals surface area contributed by atoms with E-state index in [0.29, 0.717) is 31.3 Å². The summed E-state index contributed by atoms with van der Waals surface area (Å²) in [6.07, 6.45) is 13.1. The van der Waals surface area contributed by atoms with Gasteiger partial charge in [0.1, 0.15) is 0 Å². The Morgan fingerprint density at radius 3 is 2.28 bits per heavy atom. The first kappa shape index (κ1) is 24.2. The number of esters is 1. The van der Waals surface area contributed by atoms with Gasteiger partial charge in [-0.05, 0) is 55.3 Å². The number of carbonyl (C=O) groups is 2. The van der Waals surface area contributed by atoms with Gasteiger partial charge < -0.3 is 9.84 Å². The maximum atomic E-state index is 12.7. The molecular weight excluding hydrogens is 364 g/mol. The van der Waals surface area contributed by atoms with Crippen molar-refractivity contribution in [1.82, 2.24) is 0 Å². The van der Waals surface area contributed by atoms with E-state index in [1.54, 1.807) is 0 Å². The summed E-state index contributed by atoms with van der Waals surface area (Å²) < 4.78 is 5.80. The lowest BCUT2D eigenvalue weighted by Crippen LogP contribution is -2.44. The van der Waals surface area contributed by atoms with E-state index in [1.807, 2.05) is 0 Å². The first-order chi connectivity index (χ1) is 13.8. The lowest BCUT2D eigenvalue weighted by atomic mass is 9.56. The molecule has 0 spiro atoms. The van der Waals surface area contributed by atoms with E-state index in [4.69, 9.17) is 4.74 Å². The second kappa shape index (κ2) is 11.4. The maximum Gasteiger partial charge on any atom is 0.309 e. The number of hydrogen-bond acceptors (Lipinski definition) is 3. The van der Waals surface area contributed by atoms with Crippen LogP contribution in [0.15, 0.2) is 0 Å². The molecule has 5 unspecified atom stereocenters. The summed E-state index contributed by atoms with van der Waals surface area (Å²) >= 11 is 0. The van der Waals surface area contributed by atoms with Crippen LogP contribution in [0.3, 0.4) is 0 Å². The predicted octanol–water partition coefficient (Wildman–Crippen LogP) is 6.47. The van der Waals surface area contributed by atoms with Crippen LogP contribution in [0.4, 0.5) is 0 Å². The Kier molecular flexibility index (Phi) is 9.49. The van der Waals surface area contributed by atoms with Gasteiger partial charge in [-0.1, -0.05) is 72.6 Å². The van der Waals surface area contributed by atoms with Crippen molar-refractivity contribution < 1.29 is 19.4 Å². The SMILES string of the molecule is CCCCCCC1C(CC)CCC(COC(=O)C2CCCCC2C(=O)O)C1(C)C. The molecule has 4 heteroatoms. The molecule has 0 aliphatic heterocycles. The van der Waals surface area contributed by atoms with Crippen LogP contribution >= 0.6 is 0 Å². The van der Waals surface area contributed by atoms with Crippen molar-refractivity contribution in [2.45, 2.75) is 105 Å². The van der Waals surface area contributed by atoms with Gasteiger partial charge in [-0.3, -0.25) is 9.59 Å². The van der Waals surface area contributed by atoms with E-state index in [0.717, 1.165) is 25.2 Å². The lowest BCUT2D eigenvalue weighted by Gasteiger charge is -2.49. The van der Waals surface area contributed by atoms with Crippen LogP contribution in [-0.2, 0) is 14.3 Å². The Bertz CT molecular complexity index is 527. The number of ether oxygens (including phenoxy) is 1. The Labute approximate surface area is 178 Å². The van der Waals surface area contributed by atoms with Crippen LogP contribution < -0.4 is 0 Å². The molecule has 2 rings (SSSR count). The summed E-state index contributed by atoms with van der Waals surface area (Å²) in [5.41, 5.74) is 0.157. The monoisotopic (exact) mass is 408 g/mol. The second-order valence-electron chi connectivity index (χ2n) is 10.2. The number of carbonyl (C=O) groups excluding carboxylic acids is 1. The molecule has 0 aromatic rings. The van der Waals surface area contributed by atoms with Crippen LogP contribution in [0.1, 0.15) is 105 Å². The zero-order valence-corrected chi connectivity index (χ0v) is 19.3. The molecule has 2 aliphatic rings. The fourth-order valence-corrected chi connectivity index (χ4v) is 6.08. The molecule has 168 valence electrons. The minimum atomic E-state index is -0.845. The first-order valence-electron chi connectivity index (χ1n) is 12.2. The summed E-state index contributed by atoms with van der Waals surface area (Å²) in [6.45, 7) is 9.77. The molecule has 0 aromatic carbocycles. The maximum absolute atomic E-state index is 12.7. The smallest absolute Gasteiger partial charge is 0.309 e. The number of carboxylic acid groups (broad SMARTS) is 1. The van der Waals surface area contributed by atoms with Gasteiger partial charge >= 0.3 is 11.9 Å². The summed E-state index contributed by atoms with van der Waals surface area (Å²) in [4.78, 5) is 24.3. The van der Waals surface area contributed by atoms with Gasteiger partial charge in [0.2, 0.25) is 0 Å². The minimum Gasteiger partial charge on any atom is -0.481 e. The van der Waals surface area contributed by atoms with Crippen molar-refractivity contribution in [2.75, 3.05) is 6.61 Å². The molecule has 29 heavy (non-hydrogen) atoms. The van der Waals surface area contributed by atoms with E-state index >= 15 is 0 Å². The molecule has 2 aliphatic carbocycles. The molecule has 0 amide bonds. The van der Waals surface area contributed by atoms with Gasteiger partial charge in [0.05, 0.1) is 18.4 Å². The molecule has 2 fully saturated rings. The average molecular weight is 409 g/mol. The van der Waals surface area contributed by atoms with Crippen molar-refractivity contribution in [3.05, 3.63) is 0 Å². The van der Waals surface area contributed by atoms with Crippen LogP contribution in [0.25, 0.3) is 0 Å². The third-order valence-corrected chi connectivity index (χ3v) is 8.17. The molecule has 4 nitrogen and oxygen atoms in total. The fraction of sp³-hybridized carbons (Fsp3) is 0.920. The minimum absolute atomic E-state index is 0.157. The molecule has 0 bridgehead atoms. The average Bonchev–Trinajstić information content (AvgIpc) is 2.70. The van der Waals surface area contributed by atoms with Gasteiger partial charge in [0, 0.05) is 0 Å². The van der Waals surface area contributed by atoms with E-state index in [1.165, 1.54) is 44.9 Å². The first-order valence-corrected chi connectivity index (χ1v) is 12.2. The summed E-state index contributed by atoms with van der Waals surface area (Å²) in [5, 5.41) is 9.46. The van der Waals surface area contributed by atoms with Crippen molar-refractivity contribution in [3.8, 4) is 0 Å². The molecule has 0 heterocycles. The lowest BCUT2D eigenvalue weighted by molar-refractivity contribution is -0.163. The molecule has 0 aromatic heterocycles. The molecule has 1 N–H and O–H groups in total. The standard InChI is InChI=1S/C25H44O4/c1-5-7-8-9-14-22-18(6-2)15-16-19(25(22,3)4)17-29-24(28)21-13-11-10-12-20(21)23(26)27/h18-22H,5-17H2,1-4H3,(H,26,27). The molecular formula is C25H44O4. The fourth-order valence-electron chi connectivity index (χ4n) is 6.08. The van der Waals surface area contributed by atoms with Crippen LogP contribution in [0.5, 0.6) is 0 Å². The quantitative estimate of drug-likeness (QED) is 0.332. The van der Waals surface area contributed by atoms with E-state index in [2.05, 4.69) is 27.7 Å².